The van der Waals surface area contributed by atoms with Gasteiger partial charge in [0.25, 0.3) is 5.91 Å². The second kappa shape index (κ2) is 5.62. The van der Waals surface area contributed by atoms with E-state index in [-0.39, 0.29) is 17.0 Å². The van der Waals surface area contributed by atoms with E-state index >= 15 is 0 Å². The number of carbonyl (C=O) groups excluding carboxylic acids is 1. The number of benzene rings is 2. The molecule has 1 amide bonds. The lowest BCUT2D eigenvalue weighted by atomic mass is 10.1. The number of hydrogen-bond acceptors (Lipinski definition) is 3. The molecule has 0 saturated heterocycles. The van der Waals surface area contributed by atoms with Crippen LogP contribution in [0, 0.1) is 12.7 Å². The first-order chi connectivity index (χ1) is 9.88. The Morgan fingerprint density at radius 3 is 2.43 bits per heavy atom. The van der Waals surface area contributed by atoms with Crippen LogP contribution >= 0.6 is 0 Å². The number of halogens is 1. The topological polar surface area (TPSA) is 86.6 Å². The van der Waals surface area contributed by atoms with Crippen molar-refractivity contribution in [2.45, 2.75) is 6.92 Å². The van der Waals surface area contributed by atoms with E-state index in [1.807, 2.05) is 0 Å². The lowest BCUT2D eigenvalue weighted by Gasteiger charge is -2.08. The molecule has 0 aliphatic rings. The van der Waals surface area contributed by atoms with Crippen LogP contribution in [0.25, 0.3) is 0 Å². The van der Waals surface area contributed by atoms with Crippen LogP contribution in [0.3, 0.4) is 0 Å². The normalized spacial score (nSPS) is 10.2. The standard InChI is InChI=1S/C15H12FNO4/c1-8-2-5-13(18)11(6-8)14(19)17-9-3-4-10(15(20)21)12(16)7-9/h2-7,18H,1H3,(H,17,19)(H,20,21). The van der Waals surface area contributed by atoms with Crippen LogP contribution in [0.2, 0.25) is 0 Å². The van der Waals surface area contributed by atoms with Gasteiger partial charge >= 0.3 is 5.97 Å². The van der Waals surface area contributed by atoms with Crippen LogP contribution in [0.5, 0.6) is 5.75 Å². The summed E-state index contributed by atoms with van der Waals surface area (Å²) in [7, 11) is 0. The van der Waals surface area contributed by atoms with E-state index < -0.39 is 23.3 Å². The van der Waals surface area contributed by atoms with Gasteiger partial charge in [0.1, 0.15) is 11.6 Å². The summed E-state index contributed by atoms with van der Waals surface area (Å²) in [5.74, 6) is -3.14. The van der Waals surface area contributed by atoms with Gasteiger partial charge < -0.3 is 15.5 Å². The van der Waals surface area contributed by atoms with Gasteiger partial charge in [0.15, 0.2) is 0 Å². The Labute approximate surface area is 119 Å². The van der Waals surface area contributed by atoms with E-state index in [4.69, 9.17) is 5.11 Å². The Hall–Kier alpha value is -2.89. The Bertz CT molecular complexity index is 728. The molecule has 2 aromatic rings. The van der Waals surface area contributed by atoms with Crippen molar-refractivity contribution >= 4 is 17.6 Å². The van der Waals surface area contributed by atoms with Crippen molar-refractivity contribution in [3.63, 3.8) is 0 Å². The molecule has 3 N–H and O–H groups in total. The van der Waals surface area contributed by atoms with Crippen LogP contribution in [0.15, 0.2) is 36.4 Å². The van der Waals surface area contributed by atoms with Gasteiger partial charge in [0.05, 0.1) is 11.1 Å². The van der Waals surface area contributed by atoms with E-state index in [2.05, 4.69) is 5.32 Å². The van der Waals surface area contributed by atoms with Crippen LogP contribution in [-0.2, 0) is 0 Å². The maximum Gasteiger partial charge on any atom is 0.338 e. The van der Waals surface area contributed by atoms with Gasteiger partial charge in [0, 0.05) is 5.69 Å². The first-order valence-electron chi connectivity index (χ1n) is 6.02. The number of carboxylic acids is 1. The van der Waals surface area contributed by atoms with Gasteiger partial charge in [-0.2, -0.15) is 0 Å². The molecule has 0 atom stereocenters. The summed E-state index contributed by atoms with van der Waals surface area (Å²) in [4.78, 5) is 22.7. The third-order valence-corrected chi connectivity index (χ3v) is 2.85. The molecule has 108 valence electrons. The number of phenolic OH excluding ortho intramolecular Hbond substituents is 1. The summed E-state index contributed by atoms with van der Waals surface area (Å²) < 4.78 is 13.5. The zero-order valence-electron chi connectivity index (χ0n) is 11.1. The Morgan fingerprint density at radius 2 is 1.81 bits per heavy atom. The van der Waals surface area contributed by atoms with Crippen molar-refractivity contribution < 1.29 is 24.2 Å². The Kier molecular flexibility index (Phi) is 3.89. The quantitative estimate of drug-likeness (QED) is 0.811. The van der Waals surface area contributed by atoms with Crippen molar-refractivity contribution in [3.05, 3.63) is 58.9 Å². The monoisotopic (exact) mass is 289 g/mol. The molecule has 6 heteroatoms. The number of carbonyl (C=O) groups is 2. The average molecular weight is 289 g/mol. The van der Waals surface area contributed by atoms with Crippen LogP contribution in [0.4, 0.5) is 10.1 Å². The van der Waals surface area contributed by atoms with Crippen molar-refractivity contribution in [2.75, 3.05) is 5.32 Å². The van der Waals surface area contributed by atoms with E-state index in [1.165, 1.54) is 18.2 Å². The number of amides is 1. The molecular weight excluding hydrogens is 277 g/mol. The summed E-state index contributed by atoms with van der Waals surface area (Å²) in [5.41, 5.74) is 0.456. The maximum absolute atomic E-state index is 13.5. The minimum atomic E-state index is -1.39. The number of phenols is 1. The minimum absolute atomic E-state index is 0.0534. The number of nitrogens with one attached hydrogen (secondary N) is 1. The molecule has 0 radical (unpaired) electrons. The van der Waals surface area contributed by atoms with Gasteiger partial charge in [-0.3, -0.25) is 4.79 Å². The summed E-state index contributed by atoms with van der Waals surface area (Å²) in [6.07, 6.45) is 0. The summed E-state index contributed by atoms with van der Waals surface area (Å²) in [6.45, 7) is 1.76. The zero-order chi connectivity index (χ0) is 15.6. The molecule has 5 nitrogen and oxygen atoms in total. The number of aryl methyl sites for hydroxylation is 1. The molecule has 2 aromatic carbocycles. The van der Waals surface area contributed by atoms with Gasteiger partial charge in [-0.25, -0.2) is 9.18 Å². The van der Waals surface area contributed by atoms with Gasteiger partial charge in [-0.15, -0.1) is 0 Å². The van der Waals surface area contributed by atoms with E-state index in [1.54, 1.807) is 13.0 Å². The highest BCUT2D eigenvalue weighted by Crippen LogP contribution is 2.21. The number of hydrogen-bond donors (Lipinski definition) is 3. The number of rotatable bonds is 3. The molecule has 2 rings (SSSR count). The number of carboxylic acid groups (broad SMARTS) is 1. The highest BCUT2D eigenvalue weighted by atomic mass is 19.1. The minimum Gasteiger partial charge on any atom is -0.507 e. The maximum atomic E-state index is 13.5. The predicted octanol–water partition coefficient (Wildman–Crippen LogP) is 2.79. The molecule has 0 unspecified atom stereocenters. The van der Waals surface area contributed by atoms with Crippen LogP contribution in [0.1, 0.15) is 26.3 Å². The number of aromatic carboxylic acids is 1. The highest BCUT2D eigenvalue weighted by molar-refractivity contribution is 6.06. The average Bonchev–Trinajstić information content (AvgIpc) is 2.41. The fourth-order valence-electron chi connectivity index (χ4n) is 1.80. The fraction of sp³-hybridized carbons (Fsp3) is 0.0667. The van der Waals surface area contributed by atoms with E-state index in [0.29, 0.717) is 0 Å². The number of anilines is 1. The first-order valence-corrected chi connectivity index (χ1v) is 6.02. The van der Waals surface area contributed by atoms with Crippen molar-refractivity contribution in [1.82, 2.24) is 0 Å². The van der Waals surface area contributed by atoms with Crippen molar-refractivity contribution in [1.29, 1.82) is 0 Å². The number of aromatic hydroxyl groups is 1. The lowest BCUT2D eigenvalue weighted by molar-refractivity contribution is 0.0691. The molecule has 0 spiro atoms. The Balaban J connectivity index is 2.26. The van der Waals surface area contributed by atoms with Crippen LogP contribution < -0.4 is 5.32 Å². The smallest absolute Gasteiger partial charge is 0.338 e. The second-order valence-electron chi connectivity index (χ2n) is 4.47. The van der Waals surface area contributed by atoms with E-state index in [0.717, 1.165) is 17.7 Å². The highest BCUT2D eigenvalue weighted by Gasteiger charge is 2.14. The van der Waals surface area contributed by atoms with Gasteiger partial charge in [-0.1, -0.05) is 11.6 Å². The molecule has 0 bridgehead atoms. The zero-order valence-corrected chi connectivity index (χ0v) is 11.1. The molecule has 0 saturated carbocycles. The SMILES string of the molecule is Cc1ccc(O)c(C(=O)Nc2ccc(C(=O)O)c(F)c2)c1. The molecule has 21 heavy (non-hydrogen) atoms. The Morgan fingerprint density at radius 1 is 1.10 bits per heavy atom. The first kappa shape index (κ1) is 14.5. The third kappa shape index (κ3) is 3.17. The molecule has 0 aliphatic carbocycles. The molecule has 0 aliphatic heterocycles. The largest absolute Gasteiger partial charge is 0.507 e. The summed E-state index contributed by atoms with van der Waals surface area (Å²) in [6, 6.07) is 7.77. The summed E-state index contributed by atoms with van der Waals surface area (Å²) >= 11 is 0. The van der Waals surface area contributed by atoms with Crippen molar-refractivity contribution in [3.8, 4) is 5.75 Å². The summed E-state index contributed by atoms with van der Waals surface area (Å²) in [5, 5.41) is 20.8. The second-order valence-corrected chi connectivity index (χ2v) is 4.47. The lowest BCUT2D eigenvalue weighted by Crippen LogP contribution is -2.13. The van der Waals surface area contributed by atoms with E-state index in [9.17, 15) is 19.1 Å². The molecule has 0 heterocycles. The van der Waals surface area contributed by atoms with Crippen molar-refractivity contribution in [2.24, 2.45) is 0 Å². The van der Waals surface area contributed by atoms with Gasteiger partial charge in [0.2, 0.25) is 0 Å². The predicted molar refractivity (Wildman–Crippen MR) is 74.2 cm³/mol. The van der Waals surface area contributed by atoms with Gasteiger partial charge in [-0.05, 0) is 37.3 Å². The van der Waals surface area contributed by atoms with Crippen LogP contribution in [-0.4, -0.2) is 22.1 Å². The third-order valence-electron chi connectivity index (χ3n) is 2.85. The molecule has 0 aromatic heterocycles. The fourth-order valence-corrected chi connectivity index (χ4v) is 1.80. The molecular formula is C15H12FNO4. The molecule has 0 fully saturated rings.